The minimum absolute atomic E-state index is 0.136. The van der Waals surface area contributed by atoms with Crippen LogP contribution in [0.4, 0.5) is 10.2 Å². The summed E-state index contributed by atoms with van der Waals surface area (Å²) in [5.41, 5.74) is 0.858. The number of pyridine rings is 2. The summed E-state index contributed by atoms with van der Waals surface area (Å²) in [6, 6.07) is 6.25. The molecular formula is C16H15ClFN3O2S. The molecule has 5 nitrogen and oxygen atoms in total. The molecule has 0 bridgehead atoms. The maximum atomic E-state index is 13.3. The van der Waals surface area contributed by atoms with E-state index in [1.54, 1.807) is 18.2 Å². The van der Waals surface area contributed by atoms with Gasteiger partial charge in [0.1, 0.15) is 17.3 Å². The van der Waals surface area contributed by atoms with Crippen molar-refractivity contribution in [2.75, 3.05) is 16.8 Å². The van der Waals surface area contributed by atoms with Crippen LogP contribution in [0.3, 0.4) is 0 Å². The van der Waals surface area contributed by atoms with Crippen molar-refractivity contribution in [3.05, 3.63) is 41.4 Å². The van der Waals surface area contributed by atoms with Crippen molar-refractivity contribution in [2.45, 2.75) is 12.8 Å². The van der Waals surface area contributed by atoms with Gasteiger partial charge in [0, 0.05) is 36.6 Å². The van der Waals surface area contributed by atoms with Gasteiger partial charge in [-0.15, -0.1) is 0 Å². The molecule has 126 valence electrons. The maximum absolute atomic E-state index is 13.3. The Kier molecular flexibility index (Phi) is 5.33. The highest BCUT2D eigenvalue weighted by Gasteiger charge is 2.27. The third kappa shape index (κ3) is 4.03. The van der Waals surface area contributed by atoms with Crippen LogP contribution in [0, 0.1) is 11.9 Å². The van der Waals surface area contributed by atoms with E-state index in [1.807, 2.05) is 0 Å². The van der Waals surface area contributed by atoms with E-state index in [2.05, 4.69) is 15.3 Å². The molecule has 0 radical (unpaired) electrons. The second-order valence-electron chi connectivity index (χ2n) is 5.51. The van der Waals surface area contributed by atoms with Gasteiger partial charge in [-0.05, 0) is 12.1 Å². The molecule has 1 fully saturated rings. The molecule has 0 spiro atoms. The number of rotatable bonds is 3. The molecule has 1 N–H and O–H groups in total. The Hall–Kier alpha value is -1.70. The van der Waals surface area contributed by atoms with E-state index in [-0.39, 0.29) is 16.8 Å². The zero-order valence-electron chi connectivity index (χ0n) is 12.7. The molecule has 3 rings (SSSR count). The average Bonchev–Trinajstić information content (AvgIpc) is 2.58. The van der Waals surface area contributed by atoms with E-state index in [9.17, 15) is 13.7 Å². The number of hydrogen-bond acceptors (Lipinski definition) is 4. The van der Waals surface area contributed by atoms with Crippen molar-refractivity contribution >= 4 is 34.5 Å². The van der Waals surface area contributed by atoms with E-state index in [0.29, 0.717) is 41.4 Å². The lowest BCUT2D eigenvalue weighted by Gasteiger charge is -2.23. The molecule has 0 aliphatic carbocycles. The summed E-state index contributed by atoms with van der Waals surface area (Å²) in [4.78, 5) is 20.1. The maximum Gasteiger partial charge on any atom is 0.229 e. The third-order valence-electron chi connectivity index (χ3n) is 3.86. The lowest BCUT2D eigenvalue weighted by atomic mass is 10.0. The molecule has 0 aromatic carbocycles. The first-order valence-electron chi connectivity index (χ1n) is 7.47. The summed E-state index contributed by atoms with van der Waals surface area (Å²) < 4.78 is 24.7. The van der Waals surface area contributed by atoms with Crippen LogP contribution in [0.5, 0.6) is 0 Å². The van der Waals surface area contributed by atoms with Crippen LogP contribution in [0.2, 0.25) is 5.02 Å². The van der Waals surface area contributed by atoms with Crippen molar-refractivity contribution in [1.29, 1.82) is 0 Å². The van der Waals surface area contributed by atoms with Gasteiger partial charge in [0.15, 0.2) is 0 Å². The fraction of sp³-hybridized carbons (Fsp3) is 0.312. The second-order valence-corrected chi connectivity index (χ2v) is 7.61. The lowest BCUT2D eigenvalue weighted by Crippen LogP contribution is -2.32. The van der Waals surface area contributed by atoms with Crippen LogP contribution in [-0.2, 0) is 16.0 Å². The molecule has 0 unspecified atom stereocenters. The lowest BCUT2D eigenvalue weighted by molar-refractivity contribution is -0.120. The molecule has 0 saturated carbocycles. The first-order chi connectivity index (χ1) is 11.5. The smallest absolute Gasteiger partial charge is 0.229 e. The number of halogens is 2. The number of nitrogens with zero attached hydrogens (tertiary/aromatic N) is 2. The number of anilines is 1. The van der Waals surface area contributed by atoms with Crippen LogP contribution < -0.4 is 5.32 Å². The van der Waals surface area contributed by atoms with E-state index in [0.717, 1.165) is 0 Å². The van der Waals surface area contributed by atoms with Crippen LogP contribution in [-0.4, -0.2) is 31.9 Å². The molecule has 24 heavy (non-hydrogen) atoms. The van der Waals surface area contributed by atoms with E-state index in [4.69, 9.17) is 11.6 Å². The van der Waals surface area contributed by atoms with Gasteiger partial charge < -0.3 is 9.87 Å². The monoisotopic (exact) mass is 367 g/mol. The Balaban J connectivity index is 1.76. The van der Waals surface area contributed by atoms with Crippen molar-refractivity contribution in [2.24, 2.45) is 5.92 Å². The number of carbonyl (C=O) groups excluding carboxylic acids is 1. The van der Waals surface area contributed by atoms with E-state index < -0.39 is 17.1 Å². The van der Waals surface area contributed by atoms with Gasteiger partial charge in [0.2, 0.25) is 11.9 Å². The number of aromatic nitrogens is 2. The summed E-state index contributed by atoms with van der Waals surface area (Å²) in [7, 11) is 0. The van der Waals surface area contributed by atoms with Crippen molar-refractivity contribution in [3.8, 4) is 11.3 Å². The standard InChI is InChI=1S/C16H15ClFN3O2S/c17-12-9-19-14(18)8-11(12)13-2-1-3-15(20-13)21-16(22)10-4-6-24(23)7-5-10/h1-3,8-10H,4-7H2,(H,20,21,22). The van der Waals surface area contributed by atoms with Crippen molar-refractivity contribution < 1.29 is 13.7 Å². The Bertz CT molecular complexity index is 754. The van der Waals surface area contributed by atoms with Gasteiger partial charge in [0.05, 0.1) is 10.7 Å². The molecule has 1 aliphatic rings. The highest BCUT2D eigenvalue weighted by Crippen LogP contribution is 2.27. The second kappa shape index (κ2) is 7.46. The molecule has 3 heterocycles. The molecule has 2 aromatic heterocycles. The Morgan fingerprint density at radius 2 is 2.12 bits per heavy atom. The summed E-state index contributed by atoms with van der Waals surface area (Å²) in [5, 5.41) is 3.05. The van der Waals surface area contributed by atoms with Gasteiger partial charge in [0.25, 0.3) is 0 Å². The topological polar surface area (TPSA) is 77.9 Å². The van der Waals surface area contributed by atoms with Crippen LogP contribution >= 0.6 is 11.6 Å². The largest absolute Gasteiger partial charge is 0.616 e. The fourth-order valence-corrected chi connectivity index (χ4v) is 4.05. The van der Waals surface area contributed by atoms with Crippen molar-refractivity contribution in [1.82, 2.24) is 9.97 Å². The summed E-state index contributed by atoms with van der Waals surface area (Å²) >= 11 is 5.23. The summed E-state index contributed by atoms with van der Waals surface area (Å²) in [6.45, 7) is 0. The predicted molar refractivity (Wildman–Crippen MR) is 91.7 cm³/mol. The molecule has 1 amide bonds. The van der Waals surface area contributed by atoms with Crippen LogP contribution in [0.25, 0.3) is 11.3 Å². The van der Waals surface area contributed by atoms with Gasteiger partial charge in [-0.2, -0.15) is 4.39 Å². The average molecular weight is 368 g/mol. The fourth-order valence-electron chi connectivity index (χ4n) is 2.55. The van der Waals surface area contributed by atoms with Crippen LogP contribution in [0.15, 0.2) is 30.5 Å². The first-order valence-corrected chi connectivity index (χ1v) is 9.34. The highest BCUT2D eigenvalue weighted by molar-refractivity contribution is 7.91. The Morgan fingerprint density at radius 3 is 2.88 bits per heavy atom. The number of nitrogens with one attached hydrogen (secondary N) is 1. The summed E-state index contributed by atoms with van der Waals surface area (Å²) in [5.74, 6) is 0.534. The number of carbonyl (C=O) groups is 1. The molecular weight excluding hydrogens is 353 g/mol. The SMILES string of the molecule is O=C(Nc1cccc(-c2cc(F)ncc2Cl)n1)C1CC[S+]([O-])CC1. The minimum Gasteiger partial charge on any atom is -0.616 e. The first kappa shape index (κ1) is 17.1. The molecule has 1 saturated heterocycles. The van der Waals surface area contributed by atoms with Crippen molar-refractivity contribution in [3.63, 3.8) is 0 Å². The Morgan fingerprint density at radius 1 is 1.38 bits per heavy atom. The quantitative estimate of drug-likeness (QED) is 0.668. The number of amides is 1. The van der Waals surface area contributed by atoms with Crippen LogP contribution in [0.1, 0.15) is 12.8 Å². The highest BCUT2D eigenvalue weighted by atomic mass is 35.5. The zero-order valence-corrected chi connectivity index (χ0v) is 14.2. The van der Waals surface area contributed by atoms with E-state index >= 15 is 0 Å². The third-order valence-corrected chi connectivity index (χ3v) is 5.54. The number of hydrogen-bond donors (Lipinski definition) is 1. The zero-order chi connectivity index (χ0) is 17.1. The van der Waals surface area contributed by atoms with E-state index in [1.165, 1.54) is 12.3 Å². The summed E-state index contributed by atoms with van der Waals surface area (Å²) in [6.07, 6.45) is 2.44. The molecule has 2 aromatic rings. The van der Waals surface area contributed by atoms with Gasteiger partial charge in [-0.1, -0.05) is 28.8 Å². The Labute approximate surface area is 146 Å². The molecule has 0 atom stereocenters. The molecule has 8 heteroatoms. The minimum atomic E-state index is -0.809. The van der Waals surface area contributed by atoms with Gasteiger partial charge >= 0.3 is 0 Å². The van der Waals surface area contributed by atoms with Gasteiger partial charge in [-0.3, -0.25) is 4.79 Å². The van der Waals surface area contributed by atoms with Gasteiger partial charge in [-0.25, -0.2) is 9.97 Å². The normalized spacial score (nSPS) is 20.6. The predicted octanol–water partition coefficient (Wildman–Crippen LogP) is 3.03. The molecule has 1 aliphatic heterocycles.